The molecule has 0 aromatic heterocycles. The molecular formula is C11H21N3O4. The second-order valence-corrected chi connectivity index (χ2v) is 4.59. The van der Waals surface area contributed by atoms with Crippen molar-refractivity contribution in [2.75, 3.05) is 0 Å². The maximum absolute atomic E-state index is 11.8. The van der Waals surface area contributed by atoms with Crippen molar-refractivity contribution >= 4 is 17.8 Å². The topological polar surface area (TPSA) is 122 Å². The van der Waals surface area contributed by atoms with Gasteiger partial charge in [0.05, 0.1) is 6.04 Å². The van der Waals surface area contributed by atoms with Crippen molar-refractivity contribution in [3.63, 3.8) is 0 Å². The number of carbonyl (C=O) groups is 3. The maximum Gasteiger partial charge on any atom is 0.325 e. The summed E-state index contributed by atoms with van der Waals surface area (Å²) in [6, 6.07) is -2.54. The lowest BCUT2D eigenvalue weighted by Crippen LogP contribution is -2.55. The fraction of sp³-hybridized carbons (Fsp3) is 0.727. The van der Waals surface area contributed by atoms with E-state index in [0.29, 0.717) is 0 Å². The smallest absolute Gasteiger partial charge is 0.325 e. The molecule has 7 nitrogen and oxygen atoms in total. The molecule has 18 heavy (non-hydrogen) atoms. The summed E-state index contributed by atoms with van der Waals surface area (Å²) in [5.74, 6) is -2.29. The van der Waals surface area contributed by atoms with Crippen LogP contribution in [0.4, 0.5) is 0 Å². The summed E-state index contributed by atoms with van der Waals surface area (Å²) >= 11 is 0. The molecule has 7 heteroatoms. The van der Waals surface area contributed by atoms with E-state index in [4.69, 9.17) is 10.8 Å². The molecule has 0 fully saturated rings. The average molecular weight is 259 g/mol. The molecular weight excluding hydrogens is 238 g/mol. The van der Waals surface area contributed by atoms with E-state index in [2.05, 4.69) is 10.6 Å². The lowest BCUT2D eigenvalue weighted by molar-refractivity contribution is -0.142. The van der Waals surface area contributed by atoms with Crippen molar-refractivity contribution in [2.45, 2.75) is 45.8 Å². The summed E-state index contributed by atoms with van der Waals surface area (Å²) in [6.45, 7) is 6.35. The molecule has 0 rings (SSSR count). The molecule has 2 amide bonds. The van der Waals surface area contributed by atoms with E-state index in [1.54, 1.807) is 13.8 Å². The predicted molar refractivity (Wildman–Crippen MR) is 65.7 cm³/mol. The highest BCUT2D eigenvalue weighted by molar-refractivity contribution is 5.91. The van der Waals surface area contributed by atoms with Gasteiger partial charge in [-0.2, -0.15) is 0 Å². The number of nitrogens with two attached hydrogens (primary N) is 1. The third-order valence-electron chi connectivity index (χ3n) is 2.39. The van der Waals surface area contributed by atoms with Crippen LogP contribution in [0.1, 0.15) is 27.7 Å². The standard InChI is InChI=1S/C11H21N3O4/c1-5(2)8(14-9(15)6(3)12)10(16)13-7(4)11(17)18/h5-8H,12H2,1-4H3,(H,13,16)(H,14,15)(H,17,18). The van der Waals surface area contributed by atoms with Crippen LogP contribution in [0, 0.1) is 5.92 Å². The van der Waals surface area contributed by atoms with Gasteiger partial charge < -0.3 is 21.5 Å². The minimum atomic E-state index is -1.13. The molecule has 0 bridgehead atoms. The Morgan fingerprint density at radius 2 is 1.50 bits per heavy atom. The molecule has 0 aromatic carbocycles. The highest BCUT2D eigenvalue weighted by Crippen LogP contribution is 2.03. The Labute approximate surface area is 106 Å². The van der Waals surface area contributed by atoms with E-state index >= 15 is 0 Å². The summed E-state index contributed by atoms with van der Waals surface area (Å²) in [7, 11) is 0. The Hall–Kier alpha value is -1.63. The van der Waals surface area contributed by atoms with Gasteiger partial charge >= 0.3 is 5.97 Å². The van der Waals surface area contributed by atoms with Crippen LogP contribution in [0.5, 0.6) is 0 Å². The van der Waals surface area contributed by atoms with Gasteiger partial charge in [-0.15, -0.1) is 0 Å². The number of hydrogen-bond acceptors (Lipinski definition) is 4. The number of amides is 2. The number of nitrogens with one attached hydrogen (secondary N) is 2. The fourth-order valence-corrected chi connectivity index (χ4v) is 1.18. The molecule has 0 saturated carbocycles. The van der Waals surface area contributed by atoms with Gasteiger partial charge in [-0.05, 0) is 19.8 Å². The van der Waals surface area contributed by atoms with Crippen molar-refractivity contribution in [1.82, 2.24) is 10.6 Å². The Bertz CT molecular complexity index is 328. The van der Waals surface area contributed by atoms with Gasteiger partial charge in [-0.25, -0.2) is 0 Å². The van der Waals surface area contributed by atoms with Crippen LogP contribution in [0.3, 0.4) is 0 Å². The molecule has 0 aliphatic rings. The van der Waals surface area contributed by atoms with Crippen molar-refractivity contribution in [3.8, 4) is 0 Å². The molecule has 0 radical (unpaired) electrons. The number of hydrogen-bond donors (Lipinski definition) is 4. The zero-order chi connectivity index (χ0) is 14.5. The summed E-state index contributed by atoms with van der Waals surface area (Å²) < 4.78 is 0. The summed E-state index contributed by atoms with van der Waals surface area (Å²) in [4.78, 5) is 33.9. The van der Waals surface area contributed by atoms with Crippen LogP contribution in [-0.2, 0) is 14.4 Å². The van der Waals surface area contributed by atoms with Crippen molar-refractivity contribution in [1.29, 1.82) is 0 Å². The average Bonchev–Trinajstić information content (AvgIpc) is 2.24. The highest BCUT2D eigenvalue weighted by Gasteiger charge is 2.27. The summed E-state index contributed by atoms with van der Waals surface area (Å²) in [5.41, 5.74) is 5.40. The molecule has 0 aliphatic carbocycles. The fourth-order valence-electron chi connectivity index (χ4n) is 1.18. The first kappa shape index (κ1) is 16.4. The first-order valence-electron chi connectivity index (χ1n) is 5.76. The number of rotatable bonds is 6. The van der Waals surface area contributed by atoms with E-state index in [1.807, 2.05) is 0 Å². The molecule has 0 spiro atoms. The normalized spacial score (nSPS) is 15.7. The molecule has 0 aromatic rings. The molecule has 3 atom stereocenters. The molecule has 5 N–H and O–H groups in total. The van der Waals surface area contributed by atoms with Gasteiger partial charge in [0.2, 0.25) is 11.8 Å². The van der Waals surface area contributed by atoms with Gasteiger partial charge in [-0.3, -0.25) is 14.4 Å². The van der Waals surface area contributed by atoms with Crippen LogP contribution in [-0.4, -0.2) is 41.0 Å². The van der Waals surface area contributed by atoms with Crippen molar-refractivity contribution in [3.05, 3.63) is 0 Å². The number of aliphatic carboxylic acids is 1. The van der Waals surface area contributed by atoms with Gasteiger partial charge in [-0.1, -0.05) is 13.8 Å². The van der Waals surface area contributed by atoms with Crippen molar-refractivity contribution < 1.29 is 19.5 Å². The third kappa shape index (κ3) is 5.13. The third-order valence-corrected chi connectivity index (χ3v) is 2.39. The lowest BCUT2D eigenvalue weighted by atomic mass is 10.0. The number of carboxylic acid groups (broad SMARTS) is 1. The molecule has 3 unspecified atom stereocenters. The maximum atomic E-state index is 11.8. The largest absolute Gasteiger partial charge is 0.480 e. The van der Waals surface area contributed by atoms with Crippen LogP contribution in [0.15, 0.2) is 0 Å². The second-order valence-electron chi connectivity index (χ2n) is 4.59. The van der Waals surface area contributed by atoms with Crippen LogP contribution < -0.4 is 16.4 Å². The Morgan fingerprint density at radius 1 is 1.00 bits per heavy atom. The Kier molecular flexibility index (Phi) is 6.32. The van der Waals surface area contributed by atoms with Gasteiger partial charge in [0, 0.05) is 0 Å². The zero-order valence-electron chi connectivity index (χ0n) is 11.1. The zero-order valence-corrected chi connectivity index (χ0v) is 11.1. The second kappa shape index (κ2) is 6.95. The molecule has 0 aliphatic heterocycles. The van der Waals surface area contributed by atoms with Crippen LogP contribution in [0.25, 0.3) is 0 Å². The minimum Gasteiger partial charge on any atom is -0.480 e. The summed E-state index contributed by atoms with van der Waals surface area (Å²) in [5, 5.41) is 13.5. The Balaban J connectivity index is 4.65. The predicted octanol–water partition coefficient (Wildman–Crippen LogP) is -0.936. The molecule has 104 valence electrons. The quantitative estimate of drug-likeness (QED) is 0.490. The van der Waals surface area contributed by atoms with Crippen molar-refractivity contribution in [2.24, 2.45) is 11.7 Å². The number of carbonyl (C=O) groups excluding carboxylic acids is 2. The summed E-state index contributed by atoms with van der Waals surface area (Å²) in [6.07, 6.45) is 0. The minimum absolute atomic E-state index is 0.173. The van der Waals surface area contributed by atoms with Gasteiger partial charge in [0.15, 0.2) is 0 Å². The Morgan fingerprint density at radius 3 is 1.83 bits per heavy atom. The SMILES string of the molecule is CC(N)C(=O)NC(C(=O)NC(C)C(=O)O)C(C)C. The first-order chi connectivity index (χ1) is 8.16. The van der Waals surface area contributed by atoms with E-state index < -0.39 is 35.9 Å². The van der Waals surface area contributed by atoms with Crippen LogP contribution in [0.2, 0.25) is 0 Å². The molecule has 0 heterocycles. The number of carboxylic acids is 1. The van der Waals surface area contributed by atoms with E-state index in [-0.39, 0.29) is 5.92 Å². The van der Waals surface area contributed by atoms with E-state index in [1.165, 1.54) is 13.8 Å². The van der Waals surface area contributed by atoms with Gasteiger partial charge in [0.25, 0.3) is 0 Å². The van der Waals surface area contributed by atoms with Gasteiger partial charge in [0.1, 0.15) is 12.1 Å². The lowest BCUT2D eigenvalue weighted by Gasteiger charge is -2.23. The molecule has 0 saturated heterocycles. The first-order valence-corrected chi connectivity index (χ1v) is 5.76. The van der Waals surface area contributed by atoms with E-state index in [0.717, 1.165) is 0 Å². The van der Waals surface area contributed by atoms with E-state index in [9.17, 15) is 14.4 Å². The van der Waals surface area contributed by atoms with Crippen LogP contribution >= 0.6 is 0 Å². The monoisotopic (exact) mass is 259 g/mol. The highest BCUT2D eigenvalue weighted by atomic mass is 16.4.